The van der Waals surface area contributed by atoms with Gasteiger partial charge in [0.25, 0.3) is 0 Å². The van der Waals surface area contributed by atoms with Gasteiger partial charge in [0.05, 0.1) is 0 Å². The summed E-state index contributed by atoms with van der Waals surface area (Å²) in [5.41, 5.74) is 3.22. The van der Waals surface area contributed by atoms with Crippen LogP contribution in [0.15, 0.2) is 22.9 Å². The molecule has 4 heteroatoms. The minimum atomic E-state index is -1.82. The summed E-state index contributed by atoms with van der Waals surface area (Å²) < 4.78 is 3.48. The van der Waals surface area contributed by atoms with Gasteiger partial charge in [0.1, 0.15) is 0 Å². The second-order valence-electron chi connectivity index (χ2n) is 10.5. The van der Waals surface area contributed by atoms with E-state index in [1.165, 1.54) is 64.2 Å². The van der Waals surface area contributed by atoms with Crippen LogP contribution in [0.3, 0.4) is 0 Å². The Morgan fingerprint density at radius 2 is 0.857 bits per heavy atom. The van der Waals surface area contributed by atoms with Gasteiger partial charge in [0, 0.05) is 0 Å². The van der Waals surface area contributed by atoms with E-state index in [2.05, 4.69) is 52.5 Å². The van der Waals surface area contributed by atoms with Crippen molar-refractivity contribution in [3.8, 4) is 0 Å². The molecule has 0 aliphatic rings. The first-order valence-corrected chi connectivity index (χ1v) is 33.1. The quantitative estimate of drug-likeness (QED) is 0.156. The van der Waals surface area contributed by atoms with Crippen molar-refractivity contribution in [2.24, 2.45) is 0 Å². The summed E-state index contributed by atoms with van der Waals surface area (Å²) in [5, 5.41) is 4.86. The third-order valence-corrected chi connectivity index (χ3v) is 26.5. The topological polar surface area (TPSA) is 0 Å². The van der Waals surface area contributed by atoms with Crippen LogP contribution in [-0.2, 0) is 12.8 Å². The first-order valence-electron chi connectivity index (χ1n) is 11.3. The maximum absolute atomic E-state index is 2.53. The molecule has 0 unspecified atom stereocenters. The number of aryl methyl sites for hydroxylation is 2. The predicted octanol–water partition coefficient (Wildman–Crippen LogP) is 7.81. The minimum absolute atomic E-state index is 1.31. The third-order valence-electron chi connectivity index (χ3n) is 5.47. The molecule has 2 aromatic rings. The molecule has 0 aliphatic heterocycles. The SMILES string of the molecule is [CH3][Sn]([CH3])([CH3])[c]1cc(CCCCCCCCCCc2cs[c]([Sn]([CH3])([CH3])[CH3])c2)cs1. The summed E-state index contributed by atoms with van der Waals surface area (Å²) in [7, 11) is 0. The van der Waals surface area contributed by atoms with Crippen molar-refractivity contribution >= 4 is 65.2 Å². The van der Waals surface area contributed by atoms with E-state index in [1.54, 1.807) is 16.9 Å². The molecular formula is C24H42S2Sn2. The van der Waals surface area contributed by atoms with Gasteiger partial charge in [-0.1, -0.05) is 0 Å². The molecule has 0 nitrogen and oxygen atoms in total. The molecule has 2 heterocycles. The molecule has 2 aromatic heterocycles. The Labute approximate surface area is 191 Å². The summed E-state index contributed by atoms with van der Waals surface area (Å²) in [4.78, 5) is 15.1. The van der Waals surface area contributed by atoms with E-state index in [1.807, 2.05) is 22.7 Å². The summed E-state index contributed by atoms with van der Waals surface area (Å²) >= 11 is 0.435. The van der Waals surface area contributed by atoms with E-state index in [9.17, 15) is 0 Å². The van der Waals surface area contributed by atoms with Crippen LogP contribution >= 0.6 is 22.7 Å². The molecule has 0 aliphatic carbocycles. The Kier molecular flexibility index (Phi) is 11.0. The molecule has 0 radical (unpaired) electrons. The predicted molar refractivity (Wildman–Crippen MR) is 139 cm³/mol. The zero-order chi connectivity index (χ0) is 20.6. The van der Waals surface area contributed by atoms with E-state index >= 15 is 0 Å². The van der Waals surface area contributed by atoms with Crippen LogP contribution in [0.2, 0.25) is 29.6 Å². The van der Waals surface area contributed by atoms with Gasteiger partial charge in [-0.25, -0.2) is 0 Å². The number of hydrogen-bond donors (Lipinski definition) is 0. The fourth-order valence-electron chi connectivity index (χ4n) is 3.52. The fraction of sp³-hybridized carbons (Fsp3) is 0.667. The van der Waals surface area contributed by atoms with Gasteiger partial charge < -0.3 is 0 Å². The van der Waals surface area contributed by atoms with E-state index < -0.39 is 36.8 Å². The normalized spacial score (nSPS) is 12.6. The first kappa shape index (κ1) is 25.3. The van der Waals surface area contributed by atoms with Crippen LogP contribution in [0.5, 0.6) is 0 Å². The van der Waals surface area contributed by atoms with Crippen molar-refractivity contribution in [1.82, 2.24) is 0 Å². The molecule has 0 N–H and O–H groups in total. The van der Waals surface area contributed by atoms with Crippen LogP contribution in [0.25, 0.3) is 0 Å². The van der Waals surface area contributed by atoms with Crippen LogP contribution in [-0.4, -0.2) is 36.8 Å². The average Bonchev–Trinajstić information content (AvgIpc) is 3.25. The standard InChI is InChI=1S/C18H24S2.6CH3.2Sn/c1(3-5-7-9-17-11-13-19-15-17)2-4-6-8-10-18-12-14-20-16-18;;;;;;;;/h11-12,15-16H,1-10H2;6*1H3;;. The maximum atomic E-state index is 2.53. The molecular weight excluding hydrogens is 590 g/mol. The van der Waals surface area contributed by atoms with E-state index in [0.717, 1.165) is 0 Å². The van der Waals surface area contributed by atoms with Crippen molar-refractivity contribution in [2.45, 2.75) is 93.8 Å². The molecule has 0 spiro atoms. The van der Waals surface area contributed by atoms with Crippen LogP contribution in [0, 0.1) is 0 Å². The van der Waals surface area contributed by atoms with E-state index in [0.29, 0.717) is 0 Å². The molecule has 0 fully saturated rings. The van der Waals surface area contributed by atoms with Gasteiger partial charge in [0.2, 0.25) is 0 Å². The summed E-state index contributed by atoms with van der Waals surface area (Å²) in [6.07, 6.45) is 14.0. The van der Waals surface area contributed by atoms with Gasteiger partial charge >= 0.3 is 193 Å². The zero-order valence-electron chi connectivity index (χ0n) is 19.2. The van der Waals surface area contributed by atoms with Gasteiger partial charge in [-0.05, 0) is 0 Å². The summed E-state index contributed by atoms with van der Waals surface area (Å²) in [5.74, 6) is 0. The van der Waals surface area contributed by atoms with Crippen molar-refractivity contribution in [3.63, 3.8) is 0 Å². The molecule has 0 amide bonds. The molecule has 0 bridgehead atoms. The number of rotatable bonds is 13. The van der Waals surface area contributed by atoms with Gasteiger partial charge in [0.15, 0.2) is 0 Å². The van der Waals surface area contributed by atoms with Gasteiger partial charge in [-0.15, -0.1) is 0 Å². The van der Waals surface area contributed by atoms with Crippen molar-refractivity contribution < 1.29 is 0 Å². The van der Waals surface area contributed by atoms with Crippen LogP contribution in [0.4, 0.5) is 0 Å². The number of unbranched alkanes of at least 4 members (excludes halogenated alkanes) is 7. The molecule has 0 saturated heterocycles. The second-order valence-corrected chi connectivity index (χ2v) is 43.1. The second kappa shape index (κ2) is 12.1. The number of thiophene rings is 2. The molecule has 2 rings (SSSR count). The van der Waals surface area contributed by atoms with Gasteiger partial charge in [-0.3, -0.25) is 0 Å². The van der Waals surface area contributed by atoms with Crippen LogP contribution < -0.4 is 5.79 Å². The Morgan fingerprint density at radius 1 is 0.536 bits per heavy atom. The Morgan fingerprint density at radius 3 is 1.14 bits per heavy atom. The van der Waals surface area contributed by atoms with Gasteiger partial charge in [-0.2, -0.15) is 0 Å². The van der Waals surface area contributed by atoms with E-state index in [4.69, 9.17) is 0 Å². The summed E-state index contributed by atoms with van der Waals surface area (Å²) in [6.45, 7) is 0. The Balaban J connectivity index is 1.46. The average molecular weight is 632 g/mol. The first-order chi connectivity index (χ1) is 13.2. The molecule has 28 heavy (non-hydrogen) atoms. The van der Waals surface area contributed by atoms with E-state index in [-0.39, 0.29) is 0 Å². The fourth-order valence-corrected chi connectivity index (χ4v) is 16.2. The summed E-state index contributed by atoms with van der Waals surface area (Å²) in [6, 6.07) is 5.06. The van der Waals surface area contributed by atoms with Crippen molar-refractivity contribution in [2.75, 3.05) is 0 Å². The molecule has 0 atom stereocenters. The zero-order valence-corrected chi connectivity index (χ0v) is 26.5. The molecule has 0 saturated carbocycles. The Hall–Kier alpha value is 0.997. The Bertz CT molecular complexity index is 626. The molecule has 0 aromatic carbocycles. The number of hydrogen-bond acceptors (Lipinski definition) is 2. The van der Waals surface area contributed by atoms with Crippen molar-refractivity contribution in [3.05, 3.63) is 34.0 Å². The monoisotopic (exact) mass is 634 g/mol. The van der Waals surface area contributed by atoms with Crippen LogP contribution in [0.1, 0.15) is 62.5 Å². The third kappa shape index (κ3) is 9.43. The van der Waals surface area contributed by atoms with Crippen molar-refractivity contribution in [1.29, 1.82) is 0 Å². The molecule has 158 valence electrons.